The molecule has 2 rings (SSSR count). The highest BCUT2D eigenvalue weighted by Crippen LogP contribution is 2.19. The Morgan fingerprint density at radius 1 is 0.905 bits per heavy atom. The average Bonchev–Trinajstić information content (AvgIpc) is 2.54. The van der Waals surface area contributed by atoms with Crippen molar-refractivity contribution in [1.82, 2.24) is 5.32 Å². The minimum atomic E-state index is 0.620. The van der Waals surface area contributed by atoms with Crippen LogP contribution in [0.4, 0.5) is 0 Å². The number of ether oxygens (including phenoxy) is 1. The molecule has 2 nitrogen and oxygen atoms in total. The number of nitrogens with one attached hydrogen (secondary N) is 1. The average molecular weight is 283 g/mol. The predicted octanol–water partition coefficient (Wildman–Crippen LogP) is 4.33. The van der Waals surface area contributed by atoms with Gasteiger partial charge in [0.15, 0.2) is 0 Å². The third-order valence-corrected chi connectivity index (χ3v) is 3.54. The van der Waals surface area contributed by atoms with Crippen molar-refractivity contribution in [1.29, 1.82) is 0 Å². The van der Waals surface area contributed by atoms with Gasteiger partial charge in [0, 0.05) is 12.1 Å². The third kappa shape index (κ3) is 4.91. The summed E-state index contributed by atoms with van der Waals surface area (Å²) in [5.41, 5.74) is 3.79. The molecule has 0 fully saturated rings. The van der Waals surface area contributed by atoms with E-state index in [2.05, 4.69) is 55.6 Å². The van der Waals surface area contributed by atoms with Gasteiger partial charge in [-0.25, -0.2) is 0 Å². The molecule has 0 radical (unpaired) electrons. The Hall–Kier alpha value is -1.80. The van der Waals surface area contributed by atoms with Gasteiger partial charge in [-0.1, -0.05) is 56.3 Å². The first-order valence-corrected chi connectivity index (χ1v) is 7.82. The zero-order valence-corrected chi connectivity index (χ0v) is 13.1. The highest BCUT2D eigenvalue weighted by Gasteiger charge is 2.03. The molecule has 0 saturated heterocycles. The maximum Gasteiger partial charge on any atom is 0.124 e. The van der Waals surface area contributed by atoms with Crippen LogP contribution >= 0.6 is 0 Å². The minimum absolute atomic E-state index is 0.620. The molecule has 21 heavy (non-hydrogen) atoms. The van der Waals surface area contributed by atoms with E-state index in [1.807, 2.05) is 12.1 Å². The van der Waals surface area contributed by atoms with Gasteiger partial charge in [0.25, 0.3) is 0 Å². The highest BCUT2D eigenvalue weighted by atomic mass is 16.5. The smallest absolute Gasteiger partial charge is 0.124 e. The fourth-order valence-corrected chi connectivity index (χ4v) is 2.22. The normalized spacial score (nSPS) is 10.6. The number of rotatable bonds is 8. The number of benzene rings is 2. The Morgan fingerprint density at radius 3 is 2.33 bits per heavy atom. The lowest BCUT2D eigenvalue weighted by Crippen LogP contribution is -2.14. The summed E-state index contributed by atoms with van der Waals surface area (Å²) in [7, 11) is 0. The molecule has 0 unspecified atom stereocenters. The van der Waals surface area contributed by atoms with E-state index < -0.39 is 0 Å². The van der Waals surface area contributed by atoms with E-state index in [9.17, 15) is 0 Å². The third-order valence-electron chi connectivity index (χ3n) is 3.54. The van der Waals surface area contributed by atoms with Crippen LogP contribution in [0.25, 0.3) is 0 Å². The van der Waals surface area contributed by atoms with E-state index in [4.69, 9.17) is 4.74 Å². The standard InChI is InChI=1S/C19H25NO/c1-3-13-20-14-18-7-5-6-8-19(18)21-15-17-11-9-16(4-2)10-12-17/h5-12,20H,3-4,13-15H2,1-2H3. The van der Waals surface area contributed by atoms with Crippen molar-refractivity contribution in [2.24, 2.45) is 0 Å². The first-order chi connectivity index (χ1) is 10.3. The van der Waals surface area contributed by atoms with Gasteiger partial charge in [-0.15, -0.1) is 0 Å². The quantitative estimate of drug-likeness (QED) is 0.728. The van der Waals surface area contributed by atoms with Crippen LogP contribution in [0.3, 0.4) is 0 Å². The van der Waals surface area contributed by atoms with Gasteiger partial charge in [0.1, 0.15) is 12.4 Å². The first-order valence-electron chi connectivity index (χ1n) is 7.82. The first kappa shape index (κ1) is 15.6. The van der Waals surface area contributed by atoms with Crippen LogP contribution in [0.2, 0.25) is 0 Å². The highest BCUT2D eigenvalue weighted by molar-refractivity contribution is 5.33. The second-order valence-electron chi connectivity index (χ2n) is 5.24. The lowest BCUT2D eigenvalue weighted by Gasteiger charge is -2.12. The molecule has 1 N–H and O–H groups in total. The molecule has 2 aromatic rings. The maximum absolute atomic E-state index is 5.99. The van der Waals surface area contributed by atoms with Crippen LogP contribution in [0.15, 0.2) is 48.5 Å². The molecule has 0 spiro atoms. The Labute approximate surface area is 128 Å². The molecular formula is C19H25NO. The number of hydrogen-bond donors (Lipinski definition) is 1. The van der Waals surface area contributed by atoms with Crippen molar-refractivity contribution in [3.05, 3.63) is 65.2 Å². The van der Waals surface area contributed by atoms with Gasteiger partial charge in [0.05, 0.1) is 0 Å². The molecule has 0 saturated carbocycles. The molecule has 112 valence electrons. The summed E-state index contributed by atoms with van der Waals surface area (Å²) in [5, 5.41) is 3.43. The summed E-state index contributed by atoms with van der Waals surface area (Å²) >= 11 is 0. The van der Waals surface area contributed by atoms with Gasteiger partial charge >= 0.3 is 0 Å². The SMILES string of the molecule is CCCNCc1ccccc1OCc1ccc(CC)cc1. The summed E-state index contributed by atoms with van der Waals surface area (Å²) in [6, 6.07) is 16.9. The largest absolute Gasteiger partial charge is 0.489 e. The summed E-state index contributed by atoms with van der Waals surface area (Å²) in [6.45, 7) is 6.86. The van der Waals surface area contributed by atoms with Crippen molar-refractivity contribution in [2.75, 3.05) is 6.54 Å². The molecule has 2 aromatic carbocycles. The molecule has 2 heteroatoms. The second kappa shape index (κ2) is 8.48. The maximum atomic E-state index is 5.99. The Morgan fingerprint density at radius 2 is 1.62 bits per heavy atom. The Balaban J connectivity index is 1.95. The molecule has 0 aliphatic heterocycles. The van der Waals surface area contributed by atoms with E-state index in [-0.39, 0.29) is 0 Å². The lowest BCUT2D eigenvalue weighted by atomic mass is 10.1. The summed E-state index contributed by atoms with van der Waals surface area (Å²) in [6.07, 6.45) is 2.22. The molecule has 0 aliphatic carbocycles. The van der Waals surface area contributed by atoms with Crippen LogP contribution < -0.4 is 10.1 Å². The lowest BCUT2D eigenvalue weighted by molar-refractivity contribution is 0.302. The molecule has 0 atom stereocenters. The number of hydrogen-bond acceptors (Lipinski definition) is 2. The van der Waals surface area contributed by atoms with Crippen LogP contribution in [0.5, 0.6) is 5.75 Å². The molecule has 0 amide bonds. The van der Waals surface area contributed by atoms with Crippen molar-refractivity contribution in [3.63, 3.8) is 0 Å². The predicted molar refractivity (Wildman–Crippen MR) is 88.6 cm³/mol. The Bertz CT molecular complexity index is 534. The van der Waals surface area contributed by atoms with Gasteiger partial charge in [0.2, 0.25) is 0 Å². The second-order valence-corrected chi connectivity index (χ2v) is 5.24. The van der Waals surface area contributed by atoms with Crippen LogP contribution in [0.1, 0.15) is 37.0 Å². The fraction of sp³-hybridized carbons (Fsp3) is 0.368. The van der Waals surface area contributed by atoms with Crippen molar-refractivity contribution in [2.45, 2.75) is 39.8 Å². The zero-order valence-electron chi connectivity index (χ0n) is 13.1. The van der Waals surface area contributed by atoms with Crippen molar-refractivity contribution >= 4 is 0 Å². The summed E-state index contributed by atoms with van der Waals surface area (Å²) < 4.78 is 5.99. The van der Waals surface area contributed by atoms with Crippen molar-refractivity contribution in [3.8, 4) is 5.75 Å². The van der Waals surface area contributed by atoms with Gasteiger partial charge in [-0.05, 0) is 36.6 Å². The van der Waals surface area contributed by atoms with E-state index in [1.165, 1.54) is 16.7 Å². The summed E-state index contributed by atoms with van der Waals surface area (Å²) in [5.74, 6) is 0.973. The molecular weight excluding hydrogens is 258 g/mol. The number of aryl methyl sites for hydroxylation is 1. The molecule has 0 heterocycles. The fourth-order valence-electron chi connectivity index (χ4n) is 2.22. The van der Waals surface area contributed by atoms with E-state index in [0.29, 0.717) is 6.61 Å². The Kier molecular flexibility index (Phi) is 6.29. The zero-order chi connectivity index (χ0) is 14.9. The summed E-state index contributed by atoms with van der Waals surface area (Å²) in [4.78, 5) is 0. The molecule has 0 aromatic heterocycles. The van der Waals surface area contributed by atoms with Crippen molar-refractivity contribution < 1.29 is 4.74 Å². The topological polar surface area (TPSA) is 21.3 Å². The van der Waals surface area contributed by atoms with Gasteiger partial charge in [-0.2, -0.15) is 0 Å². The van der Waals surface area contributed by atoms with E-state index >= 15 is 0 Å². The van der Waals surface area contributed by atoms with Crippen LogP contribution in [0, 0.1) is 0 Å². The minimum Gasteiger partial charge on any atom is -0.489 e. The van der Waals surface area contributed by atoms with Gasteiger partial charge in [-0.3, -0.25) is 0 Å². The van der Waals surface area contributed by atoms with E-state index in [1.54, 1.807) is 0 Å². The van der Waals surface area contributed by atoms with Crippen LogP contribution in [-0.2, 0) is 19.6 Å². The monoisotopic (exact) mass is 283 g/mol. The molecule has 0 aliphatic rings. The van der Waals surface area contributed by atoms with E-state index in [0.717, 1.165) is 31.7 Å². The number of para-hydroxylation sites is 1. The van der Waals surface area contributed by atoms with Gasteiger partial charge < -0.3 is 10.1 Å². The van der Waals surface area contributed by atoms with Crippen LogP contribution in [-0.4, -0.2) is 6.54 Å². The molecule has 0 bridgehead atoms.